The summed E-state index contributed by atoms with van der Waals surface area (Å²) in [6, 6.07) is 20.9. The smallest absolute Gasteiger partial charge is 0.341 e. The Labute approximate surface area is 163 Å². The second-order valence-corrected chi connectivity index (χ2v) is 6.47. The lowest BCUT2D eigenvalue weighted by Gasteiger charge is -2.14. The molecular weight excluding hydrogens is 362 g/mol. The highest BCUT2D eigenvalue weighted by Gasteiger charge is 2.20. The van der Waals surface area contributed by atoms with E-state index in [2.05, 4.69) is 5.32 Å². The zero-order valence-electron chi connectivity index (χ0n) is 14.9. The molecule has 0 aliphatic rings. The zero-order valence-corrected chi connectivity index (χ0v) is 15.7. The van der Waals surface area contributed by atoms with E-state index in [1.165, 1.54) is 13.2 Å². The van der Waals surface area contributed by atoms with Crippen molar-refractivity contribution in [1.82, 2.24) is 0 Å². The van der Waals surface area contributed by atoms with Crippen molar-refractivity contribution in [3.05, 3.63) is 88.4 Å². The summed E-state index contributed by atoms with van der Waals surface area (Å²) in [5.41, 5.74) is 3.77. The Hall–Kier alpha value is -2.98. The summed E-state index contributed by atoms with van der Waals surface area (Å²) in [5, 5.41) is 13.9. The third-order valence-corrected chi connectivity index (χ3v) is 4.69. The van der Waals surface area contributed by atoms with Crippen LogP contribution in [0.25, 0.3) is 0 Å². The summed E-state index contributed by atoms with van der Waals surface area (Å²) in [5.74, 6) is -0.724. The van der Waals surface area contributed by atoms with E-state index in [1.54, 1.807) is 6.07 Å². The molecule has 0 aliphatic heterocycles. The third kappa shape index (κ3) is 4.41. The van der Waals surface area contributed by atoms with Crippen molar-refractivity contribution in [3.8, 4) is 5.75 Å². The van der Waals surface area contributed by atoms with Gasteiger partial charge in [-0.05, 0) is 54.3 Å². The number of hydrogen-bond donors (Lipinski definition) is 2. The van der Waals surface area contributed by atoms with Gasteiger partial charge in [0.25, 0.3) is 0 Å². The van der Waals surface area contributed by atoms with Gasteiger partial charge in [-0.2, -0.15) is 0 Å². The minimum atomic E-state index is -0.597. The first-order valence-electron chi connectivity index (χ1n) is 8.58. The number of aryl methyl sites for hydroxylation is 1. The Morgan fingerprint density at radius 1 is 1.00 bits per heavy atom. The number of nitrogens with one attached hydrogen (secondary N) is 1. The lowest BCUT2D eigenvalue weighted by Crippen LogP contribution is -2.08. The van der Waals surface area contributed by atoms with E-state index in [4.69, 9.17) is 16.3 Å². The van der Waals surface area contributed by atoms with Gasteiger partial charge >= 0.3 is 5.97 Å². The summed E-state index contributed by atoms with van der Waals surface area (Å²) in [7, 11) is 1.28. The van der Waals surface area contributed by atoms with Gasteiger partial charge in [-0.1, -0.05) is 48.0 Å². The van der Waals surface area contributed by atoms with Crippen molar-refractivity contribution in [1.29, 1.82) is 0 Å². The fraction of sp³-hybridized carbons (Fsp3) is 0.136. The average molecular weight is 382 g/mol. The summed E-state index contributed by atoms with van der Waals surface area (Å²) in [6.07, 6.45) is 1.13. The van der Waals surface area contributed by atoms with E-state index < -0.39 is 5.97 Å². The molecular formula is C22H20ClNO3. The van der Waals surface area contributed by atoms with Crippen molar-refractivity contribution in [3.63, 3.8) is 0 Å². The van der Waals surface area contributed by atoms with E-state index in [1.807, 2.05) is 54.6 Å². The number of rotatable bonds is 6. The van der Waals surface area contributed by atoms with Gasteiger partial charge in [-0.15, -0.1) is 0 Å². The van der Waals surface area contributed by atoms with E-state index in [9.17, 15) is 9.90 Å². The van der Waals surface area contributed by atoms with Crippen LogP contribution in [0.4, 0.5) is 11.4 Å². The minimum Gasteiger partial charge on any atom is -0.507 e. The molecule has 138 valence electrons. The van der Waals surface area contributed by atoms with E-state index >= 15 is 0 Å². The number of anilines is 2. The number of benzene rings is 3. The van der Waals surface area contributed by atoms with Gasteiger partial charge in [0, 0.05) is 16.4 Å². The van der Waals surface area contributed by atoms with Crippen LogP contribution in [-0.4, -0.2) is 18.2 Å². The van der Waals surface area contributed by atoms with Gasteiger partial charge in [0.15, 0.2) is 0 Å². The molecule has 0 radical (unpaired) electrons. The molecule has 0 fully saturated rings. The second-order valence-electron chi connectivity index (χ2n) is 6.06. The van der Waals surface area contributed by atoms with Crippen LogP contribution < -0.4 is 5.32 Å². The fourth-order valence-corrected chi connectivity index (χ4v) is 3.23. The van der Waals surface area contributed by atoms with Crippen molar-refractivity contribution < 1.29 is 14.6 Å². The Morgan fingerprint density at radius 3 is 2.44 bits per heavy atom. The predicted octanol–water partition coefficient (Wildman–Crippen LogP) is 5.36. The topological polar surface area (TPSA) is 58.6 Å². The predicted molar refractivity (Wildman–Crippen MR) is 108 cm³/mol. The molecule has 3 aromatic rings. The standard InChI is InChI=1S/C22H20ClNO3/c1-27-22(26)21-17(18(23)13-14-20(21)25)12-11-15-7-5-6-10-19(15)24-16-8-3-2-4-9-16/h2-10,13-14,24-25H,11-12H2,1H3. The molecule has 4 nitrogen and oxygen atoms in total. The number of phenols is 1. The summed E-state index contributed by atoms with van der Waals surface area (Å²) in [6.45, 7) is 0. The van der Waals surface area contributed by atoms with Crippen molar-refractivity contribution in [2.45, 2.75) is 12.8 Å². The number of carbonyl (C=O) groups is 1. The molecule has 0 aromatic heterocycles. The number of halogens is 1. The number of ether oxygens (including phenoxy) is 1. The first-order chi connectivity index (χ1) is 13.1. The van der Waals surface area contributed by atoms with Crippen LogP contribution in [-0.2, 0) is 17.6 Å². The van der Waals surface area contributed by atoms with E-state index in [0.29, 0.717) is 23.4 Å². The van der Waals surface area contributed by atoms with E-state index in [-0.39, 0.29) is 11.3 Å². The summed E-state index contributed by atoms with van der Waals surface area (Å²) >= 11 is 6.30. The first kappa shape index (κ1) is 18.8. The first-order valence-corrected chi connectivity index (χ1v) is 8.96. The van der Waals surface area contributed by atoms with E-state index in [0.717, 1.165) is 16.9 Å². The third-order valence-electron chi connectivity index (χ3n) is 4.34. The fourth-order valence-electron chi connectivity index (χ4n) is 2.98. The molecule has 0 bridgehead atoms. The lowest BCUT2D eigenvalue weighted by atomic mass is 9.98. The molecule has 0 aliphatic carbocycles. The number of phenolic OH excluding ortho intramolecular Hbond substituents is 1. The van der Waals surface area contributed by atoms with Crippen LogP contribution in [0.3, 0.4) is 0 Å². The Morgan fingerprint density at radius 2 is 1.70 bits per heavy atom. The van der Waals surface area contributed by atoms with Crippen molar-refractivity contribution in [2.24, 2.45) is 0 Å². The highest BCUT2D eigenvalue weighted by Crippen LogP contribution is 2.31. The molecule has 2 N–H and O–H groups in total. The monoisotopic (exact) mass is 381 g/mol. The van der Waals surface area contributed by atoms with Gasteiger partial charge in [-0.25, -0.2) is 4.79 Å². The van der Waals surface area contributed by atoms with Crippen LogP contribution in [0, 0.1) is 0 Å². The van der Waals surface area contributed by atoms with Crippen LogP contribution in [0.2, 0.25) is 5.02 Å². The Kier molecular flexibility index (Phi) is 5.99. The summed E-state index contributed by atoms with van der Waals surface area (Å²) in [4.78, 5) is 12.1. The Bertz CT molecular complexity index is 942. The Balaban J connectivity index is 1.86. The molecule has 27 heavy (non-hydrogen) atoms. The van der Waals surface area contributed by atoms with Gasteiger partial charge < -0.3 is 15.2 Å². The molecule has 0 amide bonds. The molecule has 0 spiro atoms. The number of carbonyl (C=O) groups excluding carboxylic acids is 1. The second kappa shape index (κ2) is 8.60. The van der Waals surface area contributed by atoms with Crippen LogP contribution in [0.15, 0.2) is 66.7 Å². The molecule has 0 saturated carbocycles. The van der Waals surface area contributed by atoms with Crippen molar-refractivity contribution in [2.75, 3.05) is 12.4 Å². The van der Waals surface area contributed by atoms with Crippen LogP contribution in [0.1, 0.15) is 21.5 Å². The van der Waals surface area contributed by atoms with Gasteiger partial charge in [0.1, 0.15) is 11.3 Å². The van der Waals surface area contributed by atoms with Crippen LogP contribution in [0.5, 0.6) is 5.75 Å². The molecule has 0 saturated heterocycles. The van der Waals surface area contributed by atoms with Gasteiger partial charge in [-0.3, -0.25) is 0 Å². The van der Waals surface area contributed by atoms with Gasteiger partial charge in [0.05, 0.1) is 7.11 Å². The minimum absolute atomic E-state index is 0.124. The largest absolute Gasteiger partial charge is 0.507 e. The normalized spacial score (nSPS) is 10.4. The van der Waals surface area contributed by atoms with Crippen LogP contribution >= 0.6 is 11.6 Å². The van der Waals surface area contributed by atoms with Crippen molar-refractivity contribution >= 4 is 28.9 Å². The highest BCUT2D eigenvalue weighted by molar-refractivity contribution is 6.32. The SMILES string of the molecule is COC(=O)c1c(O)ccc(Cl)c1CCc1ccccc1Nc1ccccc1. The average Bonchev–Trinajstić information content (AvgIpc) is 2.69. The molecule has 0 heterocycles. The van der Waals surface area contributed by atoms with Gasteiger partial charge in [0.2, 0.25) is 0 Å². The number of esters is 1. The molecule has 5 heteroatoms. The maximum Gasteiger partial charge on any atom is 0.341 e. The molecule has 3 rings (SSSR count). The molecule has 3 aromatic carbocycles. The maximum absolute atomic E-state index is 12.1. The number of para-hydroxylation sites is 2. The lowest BCUT2D eigenvalue weighted by molar-refractivity contribution is 0.0596. The highest BCUT2D eigenvalue weighted by atomic mass is 35.5. The molecule has 0 atom stereocenters. The number of hydrogen-bond acceptors (Lipinski definition) is 4. The zero-order chi connectivity index (χ0) is 19.2. The number of aromatic hydroxyl groups is 1. The molecule has 0 unspecified atom stereocenters. The summed E-state index contributed by atoms with van der Waals surface area (Å²) < 4.78 is 4.80. The number of methoxy groups -OCH3 is 1. The maximum atomic E-state index is 12.1. The quantitative estimate of drug-likeness (QED) is 0.564.